The van der Waals surface area contributed by atoms with Gasteiger partial charge in [0.25, 0.3) is 0 Å². The third-order valence-electron chi connectivity index (χ3n) is 5.56. The van der Waals surface area contributed by atoms with Gasteiger partial charge >= 0.3 is 0 Å². The van der Waals surface area contributed by atoms with Crippen LogP contribution in [0.1, 0.15) is 36.5 Å². The van der Waals surface area contributed by atoms with Crippen LogP contribution >= 0.6 is 0 Å². The van der Waals surface area contributed by atoms with Crippen LogP contribution in [0, 0.1) is 36.2 Å². The van der Waals surface area contributed by atoms with Crippen molar-refractivity contribution in [3.05, 3.63) is 76.6 Å². The molecule has 4 rings (SSSR count). The monoisotopic (exact) mass is 370 g/mol. The van der Waals surface area contributed by atoms with E-state index in [2.05, 4.69) is 0 Å². The van der Waals surface area contributed by atoms with Gasteiger partial charge in [-0.3, -0.25) is 0 Å². The fourth-order valence-corrected chi connectivity index (χ4v) is 4.32. The molecular formula is C23H21F3O. The molecule has 0 N–H and O–H groups in total. The molecule has 2 aromatic rings. The summed E-state index contributed by atoms with van der Waals surface area (Å²) in [6, 6.07) is 8.32. The molecule has 2 unspecified atom stereocenters. The van der Waals surface area contributed by atoms with Crippen molar-refractivity contribution in [1.29, 1.82) is 0 Å². The average molecular weight is 370 g/mol. The first-order valence-electron chi connectivity index (χ1n) is 9.29. The molecule has 2 aliphatic rings. The number of hydrogen-bond donors (Lipinski definition) is 0. The van der Waals surface area contributed by atoms with Crippen LogP contribution in [0.15, 0.2) is 42.5 Å². The molecule has 0 fully saturated rings. The Balaban J connectivity index is 1.63. The Morgan fingerprint density at radius 1 is 0.889 bits per heavy atom. The highest BCUT2D eigenvalue weighted by atomic mass is 19.2. The summed E-state index contributed by atoms with van der Waals surface area (Å²) in [4.78, 5) is 0. The Morgan fingerprint density at radius 2 is 1.52 bits per heavy atom. The third-order valence-corrected chi connectivity index (χ3v) is 5.56. The van der Waals surface area contributed by atoms with Crippen molar-refractivity contribution < 1.29 is 17.9 Å². The van der Waals surface area contributed by atoms with E-state index >= 15 is 0 Å². The molecule has 2 aromatic carbocycles. The minimum Gasteiger partial charge on any atom is -0.491 e. The van der Waals surface area contributed by atoms with Crippen LogP contribution in [0.4, 0.5) is 13.2 Å². The molecule has 4 heteroatoms. The van der Waals surface area contributed by atoms with E-state index in [4.69, 9.17) is 4.74 Å². The van der Waals surface area contributed by atoms with Gasteiger partial charge < -0.3 is 4.74 Å². The first-order valence-corrected chi connectivity index (χ1v) is 9.29. The maximum atomic E-state index is 14.7. The molecule has 0 saturated heterocycles. The normalized spacial score (nSPS) is 21.1. The Kier molecular flexibility index (Phi) is 4.58. The summed E-state index contributed by atoms with van der Waals surface area (Å²) in [5, 5.41) is 0. The number of benzene rings is 2. The molecule has 0 aromatic heterocycles. The number of aryl methyl sites for hydroxylation is 1. The summed E-state index contributed by atoms with van der Waals surface area (Å²) in [6.45, 7) is 3.86. The zero-order valence-electron chi connectivity index (χ0n) is 15.4. The van der Waals surface area contributed by atoms with Crippen molar-refractivity contribution in [3.8, 4) is 5.75 Å². The molecule has 0 bridgehead atoms. The fourth-order valence-electron chi connectivity index (χ4n) is 4.32. The average Bonchev–Trinajstić information content (AvgIpc) is 3.22. The molecule has 0 heterocycles. The quantitative estimate of drug-likeness (QED) is 0.612. The van der Waals surface area contributed by atoms with E-state index in [-0.39, 0.29) is 35.6 Å². The number of rotatable bonds is 4. The highest BCUT2D eigenvalue weighted by molar-refractivity contribution is 5.80. The van der Waals surface area contributed by atoms with Gasteiger partial charge in [-0.05, 0) is 73.4 Å². The van der Waals surface area contributed by atoms with E-state index in [1.54, 1.807) is 13.0 Å². The van der Waals surface area contributed by atoms with Gasteiger partial charge in [0.15, 0.2) is 11.6 Å². The Hall–Kier alpha value is -2.49. The lowest BCUT2D eigenvalue weighted by Crippen LogP contribution is -2.09. The smallest absolute Gasteiger partial charge is 0.201 e. The van der Waals surface area contributed by atoms with Crippen molar-refractivity contribution in [1.82, 2.24) is 0 Å². The van der Waals surface area contributed by atoms with Crippen LogP contribution < -0.4 is 4.74 Å². The minimum absolute atomic E-state index is 0.0487. The topological polar surface area (TPSA) is 9.23 Å². The summed E-state index contributed by atoms with van der Waals surface area (Å²) in [7, 11) is 0. The molecule has 0 amide bonds. The summed E-state index contributed by atoms with van der Waals surface area (Å²) < 4.78 is 48.5. The Labute approximate surface area is 157 Å². The standard InChI is InChI=1S/C23H21F3O/c1-3-27-21-11-10-19(22(25)23(21)26)17-9-7-14-15(17)6-8-16(14)18-5-4-13(2)12-20(18)24/h4-5,8-12,14-15H,3,6-7H2,1-2H3. The Morgan fingerprint density at radius 3 is 2.15 bits per heavy atom. The zero-order valence-corrected chi connectivity index (χ0v) is 15.4. The molecule has 2 atom stereocenters. The summed E-state index contributed by atoms with van der Waals surface area (Å²) in [6.07, 6.45) is 5.41. The maximum absolute atomic E-state index is 14.7. The van der Waals surface area contributed by atoms with Gasteiger partial charge in [-0.15, -0.1) is 0 Å². The predicted octanol–water partition coefficient (Wildman–Crippen LogP) is 6.32. The molecular weight excluding hydrogens is 349 g/mol. The summed E-state index contributed by atoms with van der Waals surface area (Å²) in [5.74, 6) is -1.97. The van der Waals surface area contributed by atoms with Gasteiger partial charge in [-0.1, -0.05) is 24.3 Å². The second-order valence-corrected chi connectivity index (χ2v) is 7.16. The highest BCUT2D eigenvalue weighted by Gasteiger charge is 2.38. The largest absolute Gasteiger partial charge is 0.491 e. The number of hydrogen-bond acceptors (Lipinski definition) is 1. The Bertz CT molecular complexity index is 958. The van der Waals surface area contributed by atoms with Crippen molar-refractivity contribution in [3.63, 3.8) is 0 Å². The van der Waals surface area contributed by atoms with Gasteiger partial charge in [-0.2, -0.15) is 4.39 Å². The van der Waals surface area contributed by atoms with Crippen LogP contribution in [0.25, 0.3) is 11.1 Å². The van der Waals surface area contributed by atoms with Crippen molar-refractivity contribution in [2.45, 2.75) is 26.7 Å². The van der Waals surface area contributed by atoms with Crippen LogP contribution in [-0.4, -0.2) is 6.61 Å². The van der Waals surface area contributed by atoms with Crippen molar-refractivity contribution in [2.75, 3.05) is 6.61 Å². The molecule has 27 heavy (non-hydrogen) atoms. The predicted molar refractivity (Wildman–Crippen MR) is 101 cm³/mol. The summed E-state index contributed by atoms with van der Waals surface area (Å²) >= 11 is 0. The van der Waals surface area contributed by atoms with Gasteiger partial charge in [0.05, 0.1) is 6.61 Å². The van der Waals surface area contributed by atoms with Crippen LogP contribution in [-0.2, 0) is 0 Å². The van der Waals surface area contributed by atoms with E-state index in [0.29, 0.717) is 18.4 Å². The SMILES string of the molecule is CCOc1ccc(C2=CCC3C(c4ccc(C)cc4F)=CCC23)c(F)c1F. The first kappa shape index (κ1) is 17.9. The molecule has 0 saturated carbocycles. The van der Waals surface area contributed by atoms with E-state index in [1.807, 2.05) is 31.2 Å². The van der Waals surface area contributed by atoms with Crippen molar-refractivity contribution in [2.24, 2.45) is 11.8 Å². The number of halogens is 3. The van der Waals surface area contributed by atoms with E-state index in [0.717, 1.165) is 16.7 Å². The van der Waals surface area contributed by atoms with E-state index in [1.165, 1.54) is 12.1 Å². The number of allylic oxidation sites excluding steroid dienone is 4. The van der Waals surface area contributed by atoms with E-state index in [9.17, 15) is 13.2 Å². The second kappa shape index (κ2) is 6.91. The van der Waals surface area contributed by atoms with Crippen molar-refractivity contribution >= 4 is 11.1 Å². The maximum Gasteiger partial charge on any atom is 0.201 e. The van der Waals surface area contributed by atoms with E-state index < -0.39 is 11.6 Å². The molecule has 0 spiro atoms. The lowest BCUT2D eigenvalue weighted by molar-refractivity contribution is 0.314. The number of ether oxygens (including phenoxy) is 1. The third kappa shape index (κ3) is 2.97. The van der Waals surface area contributed by atoms with Crippen LogP contribution in [0.5, 0.6) is 5.75 Å². The lowest BCUT2D eigenvalue weighted by atomic mass is 9.85. The molecule has 0 aliphatic heterocycles. The molecule has 0 radical (unpaired) electrons. The van der Waals surface area contributed by atoms with Gasteiger partial charge in [0, 0.05) is 11.1 Å². The van der Waals surface area contributed by atoms with Crippen LogP contribution in [0.3, 0.4) is 0 Å². The first-order chi connectivity index (χ1) is 13.0. The molecule has 140 valence electrons. The fraction of sp³-hybridized carbons (Fsp3) is 0.304. The highest BCUT2D eigenvalue weighted by Crippen LogP contribution is 2.52. The molecule has 2 aliphatic carbocycles. The van der Waals surface area contributed by atoms with Crippen LogP contribution in [0.2, 0.25) is 0 Å². The van der Waals surface area contributed by atoms with Gasteiger partial charge in [-0.25, -0.2) is 8.78 Å². The zero-order chi connectivity index (χ0) is 19.1. The lowest BCUT2D eigenvalue weighted by Gasteiger charge is -2.19. The minimum atomic E-state index is -0.950. The number of fused-ring (bicyclic) bond motifs is 1. The second-order valence-electron chi connectivity index (χ2n) is 7.16. The molecule has 1 nitrogen and oxygen atoms in total. The summed E-state index contributed by atoms with van der Waals surface area (Å²) in [5.41, 5.74) is 3.54. The van der Waals surface area contributed by atoms with Gasteiger partial charge in [0.1, 0.15) is 5.82 Å². The van der Waals surface area contributed by atoms with Gasteiger partial charge in [0.2, 0.25) is 5.82 Å².